The molecule has 156 valence electrons. The maximum atomic E-state index is 12.9. The molecule has 0 fully saturated rings. The number of benzene rings is 1. The number of pyridine rings is 1. The van der Waals surface area contributed by atoms with Gasteiger partial charge in [-0.15, -0.1) is 11.3 Å². The van der Waals surface area contributed by atoms with E-state index in [0.29, 0.717) is 18.8 Å². The maximum Gasteiger partial charge on any atom is 0.228 e. The number of nitrogens with one attached hydrogen (secondary N) is 1. The van der Waals surface area contributed by atoms with Crippen molar-refractivity contribution in [3.8, 4) is 11.5 Å². The molecule has 0 aliphatic carbocycles. The molecule has 0 unspecified atom stereocenters. The summed E-state index contributed by atoms with van der Waals surface area (Å²) in [4.78, 5) is 23.6. The molecule has 30 heavy (non-hydrogen) atoms. The van der Waals surface area contributed by atoms with Gasteiger partial charge in [0, 0.05) is 24.7 Å². The van der Waals surface area contributed by atoms with Gasteiger partial charge in [0.1, 0.15) is 5.82 Å². The van der Waals surface area contributed by atoms with E-state index < -0.39 is 0 Å². The maximum absolute atomic E-state index is 12.9. The van der Waals surface area contributed by atoms with Crippen molar-refractivity contribution in [2.24, 2.45) is 0 Å². The zero-order valence-electron chi connectivity index (χ0n) is 17.3. The first-order valence-electron chi connectivity index (χ1n) is 9.71. The molecule has 0 saturated heterocycles. The van der Waals surface area contributed by atoms with Gasteiger partial charge in [-0.3, -0.25) is 4.79 Å². The largest absolute Gasteiger partial charge is 0.493 e. The van der Waals surface area contributed by atoms with Gasteiger partial charge in [0.05, 0.1) is 26.3 Å². The summed E-state index contributed by atoms with van der Waals surface area (Å²) in [5, 5.41) is 5.85. The number of hydrogen-bond acceptors (Lipinski definition) is 7. The number of fused-ring (bicyclic) bond motifs is 1. The molecule has 0 atom stereocenters. The number of aromatic nitrogens is 2. The first-order valence-corrected chi connectivity index (χ1v) is 10.6. The zero-order valence-corrected chi connectivity index (χ0v) is 18.1. The van der Waals surface area contributed by atoms with Crippen molar-refractivity contribution < 1.29 is 14.3 Å². The second-order valence-electron chi connectivity index (χ2n) is 7.21. The van der Waals surface area contributed by atoms with Crippen molar-refractivity contribution in [3.63, 3.8) is 0 Å². The SMILES string of the molecule is COc1cc2c(cc1OC)CN(C(=O)Cc1csc(Nc3cc(C)ccn3)n1)CC2. The van der Waals surface area contributed by atoms with Gasteiger partial charge >= 0.3 is 0 Å². The average molecular weight is 425 g/mol. The molecule has 3 heterocycles. The Morgan fingerprint density at radius 3 is 2.70 bits per heavy atom. The number of hydrogen-bond donors (Lipinski definition) is 1. The molecular weight excluding hydrogens is 400 g/mol. The molecule has 1 aliphatic heterocycles. The summed E-state index contributed by atoms with van der Waals surface area (Å²) in [5.74, 6) is 2.23. The monoisotopic (exact) mass is 424 g/mol. The topological polar surface area (TPSA) is 76.6 Å². The van der Waals surface area contributed by atoms with E-state index in [1.807, 2.05) is 41.5 Å². The Morgan fingerprint density at radius 1 is 1.20 bits per heavy atom. The lowest BCUT2D eigenvalue weighted by Gasteiger charge is -2.29. The van der Waals surface area contributed by atoms with Gasteiger partial charge in [0.25, 0.3) is 0 Å². The summed E-state index contributed by atoms with van der Waals surface area (Å²) >= 11 is 1.47. The van der Waals surface area contributed by atoms with Crippen LogP contribution in [-0.2, 0) is 24.2 Å². The molecular formula is C22H24N4O3S. The molecule has 0 saturated carbocycles. The smallest absolute Gasteiger partial charge is 0.228 e. The van der Waals surface area contributed by atoms with Gasteiger partial charge in [0.15, 0.2) is 16.6 Å². The summed E-state index contributed by atoms with van der Waals surface area (Å²) in [6.07, 6.45) is 2.83. The van der Waals surface area contributed by atoms with E-state index in [2.05, 4.69) is 15.3 Å². The predicted octanol–water partition coefficient (Wildman–Crippen LogP) is 3.73. The van der Waals surface area contributed by atoms with Gasteiger partial charge in [0.2, 0.25) is 5.91 Å². The molecule has 3 aromatic rings. The quantitative estimate of drug-likeness (QED) is 0.650. The lowest BCUT2D eigenvalue weighted by atomic mass is 9.98. The van der Waals surface area contributed by atoms with Crippen molar-refractivity contribution in [3.05, 3.63) is 58.2 Å². The fraction of sp³-hybridized carbons (Fsp3) is 0.318. The number of carbonyl (C=O) groups is 1. The van der Waals surface area contributed by atoms with Gasteiger partial charge in [-0.1, -0.05) is 0 Å². The van der Waals surface area contributed by atoms with Crippen molar-refractivity contribution >= 4 is 28.2 Å². The minimum absolute atomic E-state index is 0.0703. The highest BCUT2D eigenvalue weighted by molar-refractivity contribution is 7.13. The number of nitrogens with zero attached hydrogens (tertiary/aromatic N) is 3. The third kappa shape index (κ3) is 4.38. The second-order valence-corrected chi connectivity index (χ2v) is 8.06. The van der Waals surface area contributed by atoms with Crippen molar-refractivity contribution in [2.45, 2.75) is 26.3 Å². The van der Waals surface area contributed by atoms with Crippen LogP contribution in [0.1, 0.15) is 22.4 Å². The fourth-order valence-corrected chi connectivity index (χ4v) is 4.24. The number of aryl methyl sites for hydroxylation is 1. The summed E-state index contributed by atoms with van der Waals surface area (Å²) in [5.41, 5.74) is 4.18. The molecule has 0 bridgehead atoms. The second kappa shape index (κ2) is 8.71. The van der Waals surface area contributed by atoms with E-state index in [4.69, 9.17) is 9.47 Å². The van der Waals surface area contributed by atoms with E-state index in [0.717, 1.165) is 39.9 Å². The number of amides is 1. The highest BCUT2D eigenvalue weighted by Crippen LogP contribution is 2.33. The van der Waals surface area contributed by atoms with E-state index in [9.17, 15) is 4.79 Å². The van der Waals surface area contributed by atoms with E-state index in [-0.39, 0.29) is 12.3 Å². The summed E-state index contributed by atoms with van der Waals surface area (Å²) < 4.78 is 10.8. The lowest BCUT2D eigenvalue weighted by Crippen LogP contribution is -2.37. The number of anilines is 2. The van der Waals surface area contributed by atoms with Crippen LogP contribution in [0.3, 0.4) is 0 Å². The average Bonchev–Trinajstić information content (AvgIpc) is 3.18. The Kier molecular flexibility index (Phi) is 5.85. The number of thiazole rings is 1. The molecule has 0 radical (unpaired) electrons. The molecule has 1 aromatic carbocycles. The first-order chi connectivity index (χ1) is 14.6. The van der Waals surface area contributed by atoms with Gasteiger partial charge in [-0.2, -0.15) is 0 Å². The van der Waals surface area contributed by atoms with Gasteiger partial charge in [-0.25, -0.2) is 9.97 Å². The van der Waals surface area contributed by atoms with Gasteiger partial charge < -0.3 is 19.7 Å². The Labute approximate surface area is 179 Å². The highest BCUT2D eigenvalue weighted by Gasteiger charge is 2.23. The summed E-state index contributed by atoms with van der Waals surface area (Å²) in [6, 6.07) is 7.88. The Balaban J connectivity index is 1.41. The standard InChI is InChI=1S/C22H24N4O3S/c1-14-4-6-23-20(8-14)25-22-24-17(13-30-22)11-21(27)26-7-5-15-9-18(28-2)19(29-3)10-16(15)12-26/h4,6,8-10,13H,5,7,11-12H2,1-3H3,(H,23,24,25). The molecule has 2 aromatic heterocycles. The summed E-state index contributed by atoms with van der Waals surface area (Å²) in [7, 11) is 3.25. The molecule has 8 heteroatoms. The zero-order chi connectivity index (χ0) is 21.1. The van der Waals surface area contributed by atoms with Crippen LogP contribution in [0.2, 0.25) is 0 Å². The Hall–Kier alpha value is -3.13. The minimum atomic E-state index is 0.0703. The minimum Gasteiger partial charge on any atom is -0.493 e. The Morgan fingerprint density at radius 2 is 1.97 bits per heavy atom. The van der Waals surface area contributed by atoms with Crippen LogP contribution < -0.4 is 14.8 Å². The molecule has 1 aliphatic rings. The number of methoxy groups -OCH3 is 2. The number of ether oxygens (including phenoxy) is 2. The predicted molar refractivity (Wildman–Crippen MR) is 117 cm³/mol. The molecule has 7 nitrogen and oxygen atoms in total. The van der Waals surface area contributed by atoms with Crippen LogP contribution >= 0.6 is 11.3 Å². The van der Waals surface area contributed by atoms with Crippen LogP contribution in [-0.4, -0.2) is 41.5 Å². The number of carbonyl (C=O) groups excluding carboxylic acids is 1. The van der Waals surface area contributed by atoms with Crippen molar-refractivity contribution in [1.82, 2.24) is 14.9 Å². The molecule has 0 spiro atoms. The van der Waals surface area contributed by atoms with Crippen molar-refractivity contribution in [1.29, 1.82) is 0 Å². The highest BCUT2D eigenvalue weighted by atomic mass is 32.1. The van der Waals surface area contributed by atoms with Crippen LogP contribution in [0.15, 0.2) is 35.8 Å². The van der Waals surface area contributed by atoms with Crippen LogP contribution in [0.5, 0.6) is 11.5 Å². The van der Waals surface area contributed by atoms with Crippen LogP contribution in [0.4, 0.5) is 10.9 Å². The molecule has 1 N–H and O–H groups in total. The number of rotatable bonds is 6. The lowest BCUT2D eigenvalue weighted by molar-refractivity contribution is -0.131. The fourth-order valence-electron chi connectivity index (χ4n) is 3.52. The van der Waals surface area contributed by atoms with E-state index >= 15 is 0 Å². The summed E-state index contributed by atoms with van der Waals surface area (Å²) in [6.45, 7) is 3.27. The molecule has 1 amide bonds. The Bertz CT molecular complexity index is 1070. The van der Waals surface area contributed by atoms with E-state index in [1.54, 1.807) is 20.4 Å². The first kappa shape index (κ1) is 20.2. The molecule has 4 rings (SSSR count). The van der Waals surface area contributed by atoms with Crippen LogP contribution in [0.25, 0.3) is 0 Å². The van der Waals surface area contributed by atoms with Gasteiger partial charge in [-0.05, 0) is 54.3 Å². The third-order valence-electron chi connectivity index (χ3n) is 5.11. The van der Waals surface area contributed by atoms with Crippen molar-refractivity contribution in [2.75, 3.05) is 26.1 Å². The van der Waals surface area contributed by atoms with E-state index in [1.165, 1.54) is 16.9 Å². The van der Waals surface area contributed by atoms with Crippen LogP contribution in [0, 0.1) is 6.92 Å². The third-order valence-corrected chi connectivity index (χ3v) is 5.91. The normalized spacial score (nSPS) is 13.0.